The van der Waals surface area contributed by atoms with E-state index in [0.29, 0.717) is 28.7 Å². The molecule has 5 heteroatoms. The van der Waals surface area contributed by atoms with E-state index < -0.39 is 0 Å². The van der Waals surface area contributed by atoms with Crippen LogP contribution in [0, 0.1) is 0 Å². The van der Waals surface area contributed by atoms with Gasteiger partial charge in [0.2, 0.25) is 5.88 Å². The summed E-state index contributed by atoms with van der Waals surface area (Å²) in [5.74, 6) is 0.415. The number of halogens is 2. The first-order chi connectivity index (χ1) is 7.25. The monoisotopic (exact) mass is 246 g/mol. The molecule has 0 aromatic carbocycles. The molecule has 0 radical (unpaired) electrons. The third kappa shape index (κ3) is 2.97. The van der Waals surface area contributed by atoms with Crippen LogP contribution in [0.25, 0.3) is 0 Å². The molecule has 1 aliphatic heterocycles. The average molecular weight is 247 g/mol. The van der Waals surface area contributed by atoms with E-state index in [4.69, 9.17) is 27.9 Å². The smallest absolute Gasteiger partial charge is 0.234 e. The summed E-state index contributed by atoms with van der Waals surface area (Å²) in [6.45, 7) is 1.65. The summed E-state index contributed by atoms with van der Waals surface area (Å²) in [7, 11) is 0. The van der Waals surface area contributed by atoms with Crippen LogP contribution in [0.4, 0.5) is 0 Å². The zero-order valence-corrected chi connectivity index (χ0v) is 9.68. The van der Waals surface area contributed by atoms with E-state index in [0.717, 1.165) is 13.0 Å². The fourth-order valence-corrected chi connectivity index (χ4v) is 1.88. The summed E-state index contributed by atoms with van der Waals surface area (Å²) in [5.41, 5.74) is 0. The second kappa shape index (κ2) is 5.01. The number of nitrogens with zero attached hydrogens (tertiary/aromatic N) is 1. The van der Waals surface area contributed by atoms with Crippen molar-refractivity contribution in [1.29, 1.82) is 0 Å². The number of hydrogen-bond donors (Lipinski definition) is 1. The highest BCUT2D eigenvalue weighted by Crippen LogP contribution is 2.24. The molecule has 1 aromatic rings. The van der Waals surface area contributed by atoms with Gasteiger partial charge in [0.15, 0.2) is 0 Å². The van der Waals surface area contributed by atoms with Gasteiger partial charge in [0.25, 0.3) is 0 Å². The van der Waals surface area contributed by atoms with Crippen molar-refractivity contribution in [2.24, 2.45) is 0 Å². The minimum Gasteiger partial charge on any atom is -0.475 e. The molecule has 2 rings (SSSR count). The number of aromatic nitrogens is 1. The first-order valence-electron chi connectivity index (χ1n) is 4.94. The van der Waals surface area contributed by atoms with E-state index in [1.54, 1.807) is 12.1 Å². The third-order valence-electron chi connectivity index (χ3n) is 2.36. The van der Waals surface area contributed by atoms with Gasteiger partial charge in [-0.1, -0.05) is 23.2 Å². The Labute approximate surface area is 98.7 Å². The highest BCUT2D eigenvalue weighted by atomic mass is 35.5. The fourth-order valence-electron chi connectivity index (χ4n) is 1.58. The Hall–Kier alpha value is -0.510. The lowest BCUT2D eigenvalue weighted by molar-refractivity contribution is 0.268. The zero-order valence-electron chi connectivity index (χ0n) is 8.17. The van der Waals surface area contributed by atoms with Crippen LogP contribution in [-0.2, 0) is 0 Å². The van der Waals surface area contributed by atoms with E-state index in [-0.39, 0.29) is 0 Å². The Balaban J connectivity index is 1.94. The number of nitrogens with one attached hydrogen (secondary N) is 1. The summed E-state index contributed by atoms with van der Waals surface area (Å²) < 4.78 is 5.51. The lowest BCUT2D eigenvalue weighted by Gasteiger charge is -2.12. The van der Waals surface area contributed by atoms with Gasteiger partial charge < -0.3 is 10.1 Å². The van der Waals surface area contributed by atoms with Crippen LogP contribution in [0.5, 0.6) is 5.88 Å². The molecule has 2 heterocycles. The van der Waals surface area contributed by atoms with Gasteiger partial charge >= 0.3 is 0 Å². The predicted molar refractivity (Wildman–Crippen MR) is 60.8 cm³/mol. The molecule has 0 bridgehead atoms. The van der Waals surface area contributed by atoms with E-state index in [9.17, 15) is 0 Å². The Bertz CT molecular complexity index is 340. The molecule has 1 atom stereocenters. The minimum absolute atomic E-state index is 0.397. The largest absolute Gasteiger partial charge is 0.475 e. The van der Waals surface area contributed by atoms with Crippen LogP contribution in [0.3, 0.4) is 0 Å². The molecule has 0 aliphatic carbocycles. The summed E-state index contributed by atoms with van der Waals surface area (Å²) in [5, 5.41) is 4.23. The molecule has 1 N–H and O–H groups in total. The van der Waals surface area contributed by atoms with Gasteiger partial charge in [-0.15, -0.1) is 0 Å². The van der Waals surface area contributed by atoms with Crippen LogP contribution < -0.4 is 10.1 Å². The summed E-state index contributed by atoms with van der Waals surface area (Å²) >= 11 is 11.7. The SMILES string of the molecule is Clc1ccc(Cl)c(OCC2CCCN2)n1. The molecule has 0 amide bonds. The predicted octanol–water partition coefficient (Wildman–Crippen LogP) is 2.52. The van der Waals surface area contributed by atoms with Gasteiger partial charge in [0.05, 0.1) is 0 Å². The molecular formula is C10H12Cl2N2O. The van der Waals surface area contributed by atoms with Crippen molar-refractivity contribution in [2.75, 3.05) is 13.2 Å². The van der Waals surface area contributed by atoms with Crippen molar-refractivity contribution in [3.05, 3.63) is 22.3 Å². The molecule has 82 valence electrons. The van der Waals surface area contributed by atoms with Gasteiger partial charge in [-0.05, 0) is 31.5 Å². The number of ether oxygens (including phenoxy) is 1. The Morgan fingerprint density at radius 3 is 3.07 bits per heavy atom. The quantitative estimate of drug-likeness (QED) is 0.833. The van der Waals surface area contributed by atoms with Crippen molar-refractivity contribution in [2.45, 2.75) is 18.9 Å². The molecule has 1 fully saturated rings. The molecule has 0 spiro atoms. The minimum atomic E-state index is 0.397. The van der Waals surface area contributed by atoms with Gasteiger partial charge in [0.1, 0.15) is 16.8 Å². The van der Waals surface area contributed by atoms with Crippen molar-refractivity contribution in [3.8, 4) is 5.88 Å². The standard InChI is InChI=1S/C10H12Cl2N2O/c11-8-3-4-9(12)14-10(8)15-6-7-2-1-5-13-7/h3-4,7,13H,1-2,5-6H2. The van der Waals surface area contributed by atoms with Crippen LogP contribution >= 0.6 is 23.2 Å². The van der Waals surface area contributed by atoms with Crippen molar-refractivity contribution in [3.63, 3.8) is 0 Å². The maximum atomic E-state index is 5.92. The highest BCUT2D eigenvalue weighted by molar-refractivity contribution is 6.33. The van der Waals surface area contributed by atoms with E-state index >= 15 is 0 Å². The number of rotatable bonds is 3. The van der Waals surface area contributed by atoms with Gasteiger partial charge in [-0.2, -0.15) is 0 Å². The second-order valence-electron chi connectivity index (χ2n) is 3.53. The van der Waals surface area contributed by atoms with Crippen LogP contribution in [0.15, 0.2) is 12.1 Å². The van der Waals surface area contributed by atoms with Crippen LogP contribution in [-0.4, -0.2) is 24.2 Å². The highest BCUT2D eigenvalue weighted by Gasteiger charge is 2.15. The van der Waals surface area contributed by atoms with Gasteiger partial charge in [-0.3, -0.25) is 0 Å². The average Bonchev–Trinajstić information content (AvgIpc) is 2.72. The molecule has 1 aliphatic rings. The van der Waals surface area contributed by atoms with Gasteiger partial charge in [0, 0.05) is 6.04 Å². The fraction of sp³-hybridized carbons (Fsp3) is 0.500. The Kier molecular flexibility index (Phi) is 3.67. The summed E-state index contributed by atoms with van der Waals surface area (Å²) in [4.78, 5) is 4.02. The molecule has 1 aromatic heterocycles. The van der Waals surface area contributed by atoms with Gasteiger partial charge in [-0.25, -0.2) is 4.98 Å². The van der Waals surface area contributed by atoms with Crippen LogP contribution in [0.2, 0.25) is 10.2 Å². The van der Waals surface area contributed by atoms with E-state index in [1.165, 1.54) is 6.42 Å². The third-order valence-corrected chi connectivity index (χ3v) is 2.86. The molecule has 0 saturated carbocycles. The lowest BCUT2D eigenvalue weighted by Crippen LogP contribution is -2.28. The first-order valence-corrected chi connectivity index (χ1v) is 5.69. The second-order valence-corrected chi connectivity index (χ2v) is 4.32. The normalized spacial score (nSPS) is 20.5. The molecular weight excluding hydrogens is 235 g/mol. The Morgan fingerprint density at radius 1 is 1.47 bits per heavy atom. The van der Waals surface area contributed by atoms with Crippen molar-refractivity contribution in [1.82, 2.24) is 10.3 Å². The molecule has 1 unspecified atom stereocenters. The van der Waals surface area contributed by atoms with Crippen LogP contribution in [0.1, 0.15) is 12.8 Å². The molecule has 15 heavy (non-hydrogen) atoms. The zero-order chi connectivity index (χ0) is 10.7. The topological polar surface area (TPSA) is 34.1 Å². The summed E-state index contributed by atoms with van der Waals surface area (Å²) in [6.07, 6.45) is 2.34. The molecule has 3 nitrogen and oxygen atoms in total. The maximum Gasteiger partial charge on any atom is 0.234 e. The lowest BCUT2D eigenvalue weighted by atomic mass is 10.2. The first kappa shape index (κ1) is 11.0. The number of pyridine rings is 1. The molecule has 1 saturated heterocycles. The van der Waals surface area contributed by atoms with E-state index in [1.807, 2.05) is 0 Å². The maximum absolute atomic E-state index is 5.92. The van der Waals surface area contributed by atoms with Crippen molar-refractivity contribution < 1.29 is 4.74 Å². The number of hydrogen-bond acceptors (Lipinski definition) is 3. The summed E-state index contributed by atoms with van der Waals surface area (Å²) in [6, 6.07) is 3.74. The Morgan fingerprint density at radius 2 is 2.33 bits per heavy atom. The van der Waals surface area contributed by atoms with Crippen molar-refractivity contribution >= 4 is 23.2 Å². The van der Waals surface area contributed by atoms with E-state index in [2.05, 4.69) is 10.3 Å².